The molecule has 1 aliphatic rings. The molecule has 30 heavy (non-hydrogen) atoms. The van der Waals surface area contributed by atoms with Crippen LogP contribution < -0.4 is 0 Å². The maximum atomic E-state index is 13.0. The topological polar surface area (TPSA) is 51.5 Å². The van der Waals surface area contributed by atoms with Crippen molar-refractivity contribution in [3.63, 3.8) is 0 Å². The third-order valence-corrected chi connectivity index (χ3v) is 8.25. The third-order valence-electron chi connectivity index (χ3n) is 5.85. The van der Waals surface area contributed by atoms with Gasteiger partial charge in [0.15, 0.2) is 0 Å². The SMILES string of the molecule is CCOCCn1cc(C2CCN(S(=O)(=O)c3ccccc3Cl)CC2)c2ccccc21. The van der Waals surface area contributed by atoms with E-state index in [-0.39, 0.29) is 9.92 Å². The number of aromatic nitrogens is 1. The lowest BCUT2D eigenvalue weighted by molar-refractivity contribution is 0.140. The van der Waals surface area contributed by atoms with Gasteiger partial charge in [0.1, 0.15) is 4.90 Å². The van der Waals surface area contributed by atoms with Gasteiger partial charge in [-0.1, -0.05) is 41.9 Å². The van der Waals surface area contributed by atoms with E-state index in [1.807, 2.05) is 6.92 Å². The van der Waals surface area contributed by atoms with Crippen LogP contribution >= 0.6 is 11.6 Å². The highest BCUT2D eigenvalue weighted by Gasteiger charge is 2.32. The highest BCUT2D eigenvalue weighted by Crippen LogP contribution is 2.36. The Bertz CT molecular complexity index is 1120. The maximum Gasteiger partial charge on any atom is 0.244 e. The predicted molar refractivity (Wildman–Crippen MR) is 121 cm³/mol. The van der Waals surface area contributed by atoms with E-state index in [2.05, 4.69) is 35.0 Å². The first kappa shape index (κ1) is 21.4. The maximum absolute atomic E-state index is 13.0. The Balaban J connectivity index is 1.53. The summed E-state index contributed by atoms with van der Waals surface area (Å²) in [6.07, 6.45) is 3.82. The van der Waals surface area contributed by atoms with Crippen molar-refractivity contribution in [2.75, 3.05) is 26.3 Å². The van der Waals surface area contributed by atoms with Crippen molar-refractivity contribution in [3.05, 3.63) is 65.3 Å². The highest BCUT2D eigenvalue weighted by molar-refractivity contribution is 7.89. The molecular formula is C23H27ClN2O3S. The summed E-state index contributed by atoms with van der Waals surface area (Å²) in [5, 5.41) is 1.53. The van der Waals surface area contributed by atoms with Gasteiger partial charge in [-0.15, -0.1) is 0 Å². The Hall–Kier alpha value is -1.86. The second-order valence-corrected chi connectivity index (χ2v) is 9.91. The summed E-state index contributed by atoms with van der Waals surface area (Å²) in [6.45, 7) is 5.21. The zero-order valence-electron chi connectivity index (χ0n) is 17.1. The van der Waals surface area contributed by atoms with Crippen LogP contribution in [0.2, 0.25) is 5.02 Å². The molecule has 0 unspecified atom stereocenters. The largest absolute Gasteiger partial charge is 0.380 e. The molecule has 1 fully saturated rings. The average Bonchev–Trinajstić information content (AvgIpc) is 3.13. The van der Waals surface area contributed by atoms with Crippen molar-refractivity contribution in [2.24, 2.45) is 0 Å². The average molecular weight is 447 g/mol. The summed E-state index contributed by atoms with van der Waals surface area (Å²) in [5.74, 6) is 0.334. The molecular weight excluding hydrogens is 420 g/mol. The van der Waals surface area contributed by atoms with Crippen LogP contribution in [0.25, 0.3) is 10.9 Å². The predicted octanol–water partition coefficient (Wildman–Crippen LogP) is 4.90. The van der Waals surface area contributed by atoms with Gasteiger partial charge in [-0.2, -0.15) is 4.31 Å². The molecule has 0 spiro atoms. The van der Waals surface area contributed by atoms with E-state index in [0.29, 0.717) is 32.2 Å². The van der Waals surface area contributed by atoms with Gasteiger partial charge in [-0.05, 0) is 49.4 Å². The first-order valence-corrected chi connectivity index (χ1v) is 12.2. The highest BCUT2D eigenvalue weighted by atomic mass is 35.5. The quantitative estimate of drug-likeness (QED) is 0.485. The van der Waals surface area contributed by atoms with Gasteiger partial charge in [-0.3, -0.25) is 0 Å². The molecule has 0 saturated carbocycles. The molecule has 0 radical (unpaired) electrons. The normalized spacial score (nSPS) is 16.3. The van der Waals surface area contributed by atoms with Crippen LogP contribution in [-0.4, -0.2) is 43.6 Å². The number of sulfonamides is 1. The lowest BCUT2D eigenvalue weighted by atomic mass is 9.90. The van der Waals surface area contributed by atoms with Crippen LogP contribution in [0.5, 0.6) is 0 Å². The molecule has 1 aliphatic heterocycles. The number of halogens is 1. The number of fused-ring (bicyclic) bond motifs is 1. The van der Waals surface area contributed by atoms with Gasteiger partial charge < -0.3 is 9.30 Å². The van der Waals surface area contributed by atoms with E-state index in [9.17, 15) is 8.42 Å². The van der Waals surface area contributed by atoms with Crippen molar-refractivity contribution in [2.45, 2.75) is 37.1 Å². The van der Waals surface area contributed by atoms with Crippen LogP contribution in [0, 0.1) is 0 Å². The summed E-state index contributed by atoms with van der Waals surface area (Å²) in [4.78, 5) is 0.192. The summed E-state index contributed by atoms with van der Waals surface area (Å²) < 4.78 is 35.4. The van der Waals surface area contributed by atoms with Crippen LogP contribution in [0.15, 0.2) is 59.6 Å². The van der Waals surface area contributed by atoms with Crippen LogP contribution in [0.4, 0.5) is 0 Å². The molecule has 0 atom stereocenters. The summed E-state index contributed by atoms with van der Waals surface area (Å²) in [7, 11) is -3.57. The standard InChI is InChI=1S/C23H27ClN2O3S/c1-2-29-16-15-25-17-20(19-7-3-5-9-22(19)25)18-11-13-26(14-12-18)30(27,28)23-10-6-4-8-21(23)24/h3-10,17-18H,2,11-16H2,1H3. The van der Waals surface area contributed by atoms with Crippen molar-refractivity contribution in [1.29, 1.82) is 0 Å². The summed E-state index contributed by atoms with van der Waals surface area (Å²) in [5.41, 5.74) is 2.51. The van der Waals surface area contributed by atoms with E-state index in [1.165, 1.54) is 16.5 Å². The van der Waals surface area contributed by atoms with Gasteiger partial charge >= 0.3 is 0 Å². The monoisotopic (exact) mass is 446 g/mol. The van der Waals surface area contributed by atoms with Gasteiger partial charge in [0.2, 0.25) is 10.0 Å². The first-order chi connectivity index (χ1) is 14.5. The van der Waals surface area contributed by atoms with Crippen molar-refractivity contribution < 1.29 is 13.2 Å². The smallest absolute Gasteiger partial charge is 0.244 e. The van der Waals surface area contributed by atoms with E-state index >= 15 is 0 Å². The number of benzene rings is 2. The second kappa shape index (κ2) is 9.10. The molecule has 3 aromatic rings. The van der Waals surface area contributed by atoms with Crippen molar-refractivity contribution in [1.82, 2.24) is 8.87 Å². The minimum atomic E-state index is -3.57. The number of ether oxygens (including phenoxy) is 1. The minimum Gasteiger partial charge on any atom is -0.380 e. The van der Waals surface area contributed by atoms with Gasteiger partial charge in [0.05, 0.1) is 11.6 Å². The molecule has 4 rings (SSSR count). The minimum absolute atomic E-state index is 0.192. The number of hydrogen-bond acceptors (Lipinski definition) is 3. The zero-order valence-corrected chi connectivity index (χ0v) is 18.7. The molecule has 2 heterocycles. The van der Waals surface area contributed by atoms with E-state index in [0.717, 1.165) is 19.4 Å². The zero-order chi connectivity index (χ0) is 21.1. The molecule has 0 bridgehead atoms. The number of nitrogens with zero attached hydrogens (tertiary/aromatic N) is 2. The van der Waals surface area contributed by atoms with E-state index in [1.54, 1.807) is 28.6 Å². The number of hydrogen-bond donors (Lipinski definition) is 0. The molecule has 1 saturated heterocycles. The fourth-order valence-corrected chi connectivity index (χ4v) is 6.26. The Morgan fingerprint density at radius 2 is 1.77 bits per heavy atom. The van der Waals surface area contributed by atoms with Gasteiger partial charge in [-0.25, -0.2) is 8.42 Å². The number of rotatable bonds is 7. The van der Waals surface area contributed by atoms with Gasteiger partial charge in [0, 0.05) is 43.3 Å². The number of para-hydroxylation sites is 1. The van der Waals surface area contributed by atoms with Gasteiger partial charge in [0.25, 0.3) is 0 Å². The molecule has 160 valence electrons. The van der Waals surface area contributed by atoms with Crippen LogP contribution in [-0.2, 0) is 21.3 Å². The molecule has 2 aromatic carbocycles. The third kappa shape index (κ3) is 4.14. The molecule has 1 aromatic heterocycles. The second-order valence-electron chi connectivity index (χ2n) is 7.60. The molecule has 0 amide bonds. The van der Waals surface area contributed by atoms with E-state index < -0.39 is 10.0 Å². The number of piperidine rings is 1. The Labute approximate surface area is 183 Å². The van der Waals surface area contributed by atoms with E-state index in [4.69, 9.17) is 16.3 Å². The van der Waals surface area contributed by atoms with Crippen LogP contribution in [0.1, 0.15) is 31.2 Å². The fraction of sp³-hybridized carbons (Fsp3) is 0.391. The van der Waals surface area contributed by atoms with Crippen molar-refractivity contribution in [3.8, 4) is 0 Å². The lowest BCUT2D eigenvalue weighted by Gasteiger charge is -2.31. The van der Waals surface area contributed by atoms with Crippen molar-refractivity contribution >= 4 is 32.5 Å². The summed E-state index contributed by atoms with van der Waals surface area (Å²) >= 11 is 6.15. The van der Waals surface area contributed by atoms with Crippen LogP contribution in [0.3, 0.4) is 0 Å². The Morgan fingerprint density at radius 1 is 1.07 bits per heavy atom. The lowest BCUT2D eigenvalue weighted by Crippen LogP contribution is -2.38. The molecule has 0 aliphatic carbocycles. The molecule has 0 N–H and O–H groups in total. The molecule has 7 heteroatoms. The Kier molecular flexibility index (Phi) is 6.48. The first-order valence-electron chi connectivity index (χ1n) is 10.4. The summed E-state index contributed by atoms with van der Waals surface area (Å²) in [6, 6.07) is 15.1. The molecule has 5 nitrogen and oxygen atoms in total. The fourth-order valence-electron chi connectivity index (χ4n) is 4.29. The Morgan fingerprint density at radius 3 is 2.50 bits per heavy atom.